The maximum atomic E-state index is 10.9. The van der Waals surface area contributed by atoms with E-state index in [9.17, 15) is 10.1 Å². The molecule has 0 bridgehead atoms. The molecule has 0 atom stereocenters. The highest BCUT2D eigenvalue weighted by Gasteiger charge is 2.34. The van der Waals surface area contributed by atoms with Crippen LogP contribution in [0.2, 0.25) is 0 Å². The maximum Gasteiger partial charge on any atom is 0.269 e. The van der Waals surface area contributed by atoms with Gasteiger partial charge in [-0.15, -0.1) is 11.6 Å². The minimum atomic E-state index is -0.891. The van der Waals surface area contributed by atoms with Crippen LogP contribution in [0.4, 0.5) is 5.69 Å². The lowest BCUT2D eigenvalue weighted by Gasteiger charge is -2.29. The highest BCUT2D eigenvalue weighted by atomic mass is 35.5. The van der Waals surface area contributed by atoms with Crippen molar-refractivity contribution in [2.24, 2.45) is 0 Å². The number of alkyl halides is 1. The lowest BCUT2D eigenvalue weighted by Crippen LogP contribution is -2.22. The first kappa shape index (κ1) is 15.3. The summed E-state index contributed by atoms with van der Waals surface area (Å²) < 4.78 is 0. The van der Waals surface area contributed by atoms with Gasteiger partial charge < -0.3 is 0 Å². The molecule has 23 heavy (non-hydrogen) atoms. The van der Waals surface area contributed by atoms with Gasteiger partial charge in [-0.3, -0.25) is 10.1 Å². The zero-order valence-electron chi connectivity index (χ0n) is 12.2. The van der Waals surface area contributed by atoms with Crippen LogP contribution in [0.3, 0.4) is 0 Å². The van der Waals surface area contributed by atoms with Gasteiger partial charge in [-0.2, -0.15) is 0 Å². The van der Waals surface area contributed by atoms with Crippen LogP contribution in [0.5, 0.6) is 0 Å². The van der Waals surface area contributed by atoms with E-state index in [1.807, 2.05) is 60.7 Å². The third-order valence-electron chi connectivity index (χ3n) is 3.82. The van der Waals surface area contributed by atoms with Gasteiger partial charge in [-0.05, 0) is 28.8 Å². The Hall–Kier alpha value is -2.65. The molecule has 0 amide bonds. The number of benzene rings is 3. The smallest absolute Gasteiger partial charge is 0.258 e. The molecule has 4 heteroatoms. The molecule has 0 fully saturated rings. The second-order valence-corrected chi connectivity index (χ2v) is 5.76. The van der Waals surface area contributed by atoms with Crippen LogP contribution in [0.1, 0.15) is 16.7 Å². The van der Waals surface area contributed by atoms with Crippen molar-refractivity contribution in [3.05, 3.63) is 112 Å². The number of hydrogen-bond acceptors (Lipinski definition) is 2. The molecule has 3 rings (SSSR count). The Morgan fingerprint density at radius 3 is 1.48 bits per heavy atom. The van der Waals surface area contributed by atoms with Crippen molar-refractivity contribution in [2.45, 2.75) is 4.87 Å². The van der Waals surface area contributed by atoms with Gasteiger partial charge in [0.15, 0.2) is 0 Å². The Labute approximate surface area is 139 Å². The summed E-state index contributed by atoms with van der Waals surface area (Å²) in [5.41, 5.74) is 2.68. The normalized spacial score (nSPS) is 11.2. The number of nitro benzene ring substituents is 1. The largest absolute Gasteiger partial charge is 0.269 e. The Bertz CT molecular complexity index is 762. The molecule has 0 aliphatic rings. The van der Waals surface area contributed by atoms with Crippen LogP contribution >= 0.6 is 11.6 Å². The van der Waals surface area contributed by atoms with E-state index in [0.717, 1.165) is 16.7 Å². The Kier molecular flexibility index (Phi) is 4.13. The lowest BCUT2D eigenvalue weighted by atomic mass is 9.84. The van der Waals surface area contributed by atoms with Crippen LogP contribution < -0.4 is 0 Å². The molecule has 0 saturated carbocycles. The molecule has 0 radical (unpaired) electrons. The van der Waals surface area contributed by atoms with Crippen molar-refractivity contribution in [1.29, 1.82) is 0 Å². The molecular weight excluding hydrogens is 310 g/mol. The molecular formula is C19H14ClNO2. The van der Waals surface area contributed by atoms with E-state index in [1.165, 1.54) is 12.1 Å². The Morgan fingerprint density at radius 1 is 0.696 bits per heavy atom. The average molecular weight is 324 g/mol. The predicted molar refractivity (Wildman–Crippen MR) is 91.7 cm³/mol. The number of rotatable bonds is 4. The van der Waals surface area contributed by atoms with Crippen molar-refractivity contribution in [3.8, 4) is 0 Å². The average Bonchev–Trinajstić information content (AvgIpc) is 2.62. The van der Waals surface area contributed by atoms with Gasteiger partial charge in [0.1, 0.15) is 4.87 Å². The van der Waals surface area contributed by atoms with Gasteiger partial charge in [0.2, 0.25) is 0 Å². The minimum Gasteiger partial charge on any atom is -0.258 e. The molecule has 3 nitrogen and oxygen atoms in total. The summed E-state index contributed by atoms with van der Waals surface area (Å²) in [7, 11) is 0. The monoisotopic (exact) mass is 323 g/mol. The number of non-ortho nitro benzene ring substituents is 1. The van der Waals surface area contributed by atoms with Crippen molar-refractivity contribution >= 4 is 17.3 Å². The first-order valence-corrected chi connectivity index (χ1v) is 7.55. The molecule has 0 unspecified atom stereocenters. The zero-order valence-corrected chi connectivity index (χ0v) is 13.0. The molecule has 0 N–H and O–H groups in total. The number of halogens is 1. The molecule has 0 aliphatic carbocycles. The summed E-state index contributed by atoms with van der Waals surface area (Å²) in [5, 5.41) is 10.9. The standard InChI is InChI=1S/C19H14ClNO2/c20-19(15-7-3-1-4-8-15,16-9-5-2-6-10-16)17-11-13-18(14-12-17)21(22)23/h1-14H. The van der Waals surface area contributed by atoms with E-state index < -0.39 is 9.80 Å². The van der Waals surface area contributed by atoms with Gasteiger partial charge in [-0.25, -0.2) is 0 Å². The van der Waals surface area contributed by atoms with E-state index in [4.69, 9.17) is 11.6 Å². The van der Waals surface area contributed by atoms with Crippen molar-refractivity contribution in [3.63, 3.8) is 0 Å². The fourth-order valence-electron chi connectivity index (χ4n) is 2.65. The SMILES string of the molecule is O=[N+]([O-])c1ccc(C(Cl)(c2ccccc2)c2ccccc2)cc1. The Morgan fingerprint density at radius 2 is 1.09 bits per heavy atom. The summed E-state index contributed by atoms with van der Waals surface area (Å²) in [5.74, 6) is 0. The molecule has 0 aromatic heterocycles. The molecule has 0 saturated heterocycles. The van der Waals surface area contributed by atoms with Gasteiger partial charge in [-0.1, -0.05) is 60.7 Å². The topological polar surface area (TPSA) is 43.1 Å². The minimum absolute atomic E-state index is 0.0499. The molecule has 0 heterocycles. The quantitative estimate of drug-likeness (QED) is 0.289. The van der Waals surface area contributed by atoms with E-state index in [-0.39, 0.29) is 5.69 Å². The van der Waals surface area contributed by atoms with E-state index in [2.05, 4.69) is 0 Å². The van der Waals surface area contributed by atoms with Crippen LogP contribution in [0.15, 0.2) is 84.9 Å². The van der Waals surface area contributed by atoms with Crippen molar-refractivity contribution in [2.75, 3.05) is 0 Å². The first-order chi connectivity index (χ1) is 11.1. The summed E-state index contributed by atoms with van der Waals surface area (Å²) >= 11 is 7.08. The van der Waals surface area contributed by atoms with Crippen LogP contribution in [0, 0.1) is 10.1 Å². The van der Waals surface area contributed by atoms with Crippen LogP contribution in [-0.2, 0) is 4.87 Å². The fraction of sp³-hybridized carbons (Fsp3) is 0.0526. The highest BCUT2D eigenvalue weighted by molar-refractivity contribution is 6.28. The van der Waals surface area contributed by atoms with E-state index in [0.29, 0.717) is 0 Å². The second-order valence-electron chi connectivity index (χ2n) is 5.19. The van der Waals surface area contributed by atoms with Crippen LogP contribution in [-0.4, -0.2) is 4.92 Å². The predicted octanol–water partition coefficient (Wildman–Crippen LogP) is 5.13. The number of hydrogen-bond donors (Lipinski definition) is 0. The zero-order chi connectivity index (χ0) is 16.3. The van der Waals surface area contributed by atoms with Gasteiger partial charge in [0, 0.05) is 12.1 Å². The summed E-state index contributed by atoms with van der Waals surface area (Å²) in [6, 6.07) is 25.8. The van der Waals surface area contributed by atoms with Gasteiger partial charge in [0.05, 0.1) is 4.92 Å². The van der Waals surface area contributed by atoms with E-state index >= 15 is 0 Å². The van der Waals surface area contributed by atoms with E-state index in [1.54, 1.807) is 12.1 Å². The van der Waals surface area contributed by atoms with Gasteiger partial charge >= 0.3 is 0 Å². The number of nitrogens with zero attached hydrogens (tertiary/aromatic N) is 1. The third-order valence-corrected chi connectivity index (χ3v) is 4.47. The Balaban J connectivity index is 2.18. The highest BCUT2D eigenvalue weighted by Crippen LogP contribution is 2.43. The lowest BCUT2D eigenvalue weighted by molar-refractivity contribution is -0.384. The summed E-state index contributed by atoms with van der Waals surface area (Å²) in [4.78, 5) is 9.57. The summed E-state index contributed by atoms with van der Waals surface area (Å²) in [6.45, 7) is 0. The molecule has 3 aromatic rings. The fourth-order valence-corrected chi connectivity index (χ4v) is 3.03. The molecule has 114 valence electrons. The van der Waals surface area contributed by atoms with Crippen molar-refractivity contribution in [1.82, 2.24) is 0 Å². The second kappa shape index (κ2) is 6.23. The summed E-state index contributed by atoms with van der Waals surface area (Å²) in [6.07, 6.45) is 0. The van der Waals surface area contributed by atoms with Gasteiger partial charge in [0.25, 0.3) is 5.69 Å². The first-order valence-electron chi connectivity index (χ1n) is 7.17. The molecule has 0 aliphatic heterocycles. The van der Waals surface area contributed by atoms with Crippen LogP contribution in [0.25, 0.3) is 0 Å². The molecule has 3 aromatic carbocycles. The molecule has 0 spiro atoms. The number of nitro groups is 1. The van der Waals surface area contributed by atoms with Crippen molar-refractivity contribution < 1.29 is 4.92 Å². The maximum absolute atomic E-state index is 10.9. The third kappa shape index (κ3) is 2.83.